The van der Waals surface area contributed by atoms with Crippen molar-refractivity contribution in [2.75, 3.05) is 19.7 Å². The Hall–Kier alpha value is -3.99. The van der Waals surface area contributed by atoms with Gasteiger partial charge in [-0.3, -0.25) is 14.2 Å². The molecule has 1 atom stereocenters. The summed E-state index contributed by atoms with van der Waals surface area (Å²) < 4.78 is 41.4. The summed E-state index contributed by atoms with van der Waals surface area (Å²) in [7, 11) is -4.02. The van der Waals surface area contributed by atoms with Gasteiger partial charge in [-0.1, -0.05) is 62.7 Å². The lowest BCUT2D eigenvalue weighted by atomic mass is 9.88. The molecule has 1 aromatic heterocycles. The van der Waals surface area contributed by atoms with Gasteiger partial charge in [0.05, 0.1) is 17.2 Å². The van der Waals surface area contributed by atoms with E-state index in [1.165, 1.54) is 12.1 Å². The molecule has 1 aliphatic heterocycles. The number of oxazole rings is 1. The molecule has 234 valence electrons. The van der Waals surface area contributed by atoms with Gasteiger partial charge in [0.15, 0.2) is 0 Å². The minimum atomic E-state index is -4.02. The number of nitrogens with zero attached hydrogens (tertiary/aromatic N) is 2. The number of carboxylic acids is 1. The first-order valence-corrected chi connectivity index (χ1v) is 15.9. The molecule has 0 amide bonds. The number of aliphatic carboxylic acids is 1. The first-order valence-electron chi connectivity index (χ1n) is 14.5. The third-order valence-corrected chi connectivity index (χ3v) is 8.06. The number of ether oxygens (including phenoxy) is 1. The largest absolute Gasteiger partial charge is 0.493 e. The molecule has 10 heteroatoms. The molecule has 1 unspecified atom stereocenters. The maximum Gasteiger partial charge on any atom is 0.325 e. The number of hydrogen-bond acceptors (Lipinski definition) is 7. The molecule has 44 heavy (non-hydrogen) atoms. The van der Waals surface area contributed by atoms with Crippen molar-refractivity contribution >= 4 is 16.1 Å². The zero-order chi connectivity index (χ0) is 32.1. The Morgan fingerprint density at radius 1 is 1.05 bits per heavy atom. The molecule has 1 aliphatic rings. The summed E-state index contributed by atoms with van der Waals surface area (Å²) in [5.41, 5.74) is 4.71. The molecule has 0 aliphatic carbocycles. The van der Waals surface area contributed by atoms with Crippen molar-refractivity contribution < 1.29 is 32.0 Å². The molecule has 0 spiro atoms. The minimum absolute atomic E-state index is 0.0212. The van der Waals surface area contributed by atoms with Crippen LogP contribution in [0.5, 0.6) is 5.75 Å². The Morgan fingerprint density at radius 2 is 1.73 bits per heavy atom. The Kier molecular flexibility index (Phi) is 10.3. The average molecular weight is 621 g/mol. The summed E-state index contributed by atoms with van der Waals surface area (Å²) in [4.78, 5) is 18.8. The average Bonchev–Trinajstić information content (AvgIpc) is 3.32. The monoisotopic (exact) mass is 620 g/mol. The van der Waals surface area contributed by atoms with Crippen LogP contribution in [-0.2, 0) is 27.8 Å². The minimum Gasteiger partial charge on any atom is -0.493 e. The van der Waals surface area contributed by atoms with E-state index >= 15 is 0 Å². The SMILES string of the molecule is Cc1ccc(S(=O)(=O)O)cc1.Cc1oc(-c2ccccc2)nc1CCOc1ccc2c(c1)C(C(=O)O)N(CC(C)(C)C)CC2. The molecule has 2 heterocycles. The van der Waals surface area contributed by atoms with Crippen LogP contribution in [0, 0.1) is 19.3 Å². The van der Waals surface area contributed by atoms with E-state index in [2.05, 4.69) is 30.7 Å². The normalized spacial score (nSPS) is 15.2. The van der Waals surface area contributed by atoms with Gasteiger partial charge < -0.3 is 14.3 Å². The number of carboxylic acid groups (broad SMARTS) is 1. The van der Waals surface area contributed by atoms with Crippen LogP contribution in [0.2, 0.25) is 0 Å². The van der Waals surface area contributed by atoms with E-state index in [1.807, 2.05) is 62.4 Å². The fourth-order valence-electron chi connectivity index (χ4n) is 5.14. The Bertz CT molecular complexity index is 1680. The summed E-state index contributed by atoms with van der Waals surface area (Å²) in [6, 6.07) is 21.0. The van der Waals surface area contributed by atoms with Crippen molar-refractivity contribution in [2.45, 2.75) is 58.4 Å². The fourth-order valence-corrected chi connectivity index (χ4v) is 5.62. The van der Waals surface area contributed by atoms with Crippen LogP contribution >= 0.6 is 0 Å². The second-order valence-corrected chi connectivity index (χ2v) is 13.6. The van der Waals surface area contributed by atoms with E-state index in [-0.39, 0.29) is 10.3 Å². The fraction of sp³-hybridized carbons (Fsp3) is 0.353. The maximum atomic E-state index is 12.2. The van der Waals surface area contributed by atoms with Gasteiger partial charge in [-0.15, -0.1) is 0 Å². The topological polar surface area (TPSA) is 130 Å². The summed E-state index contributed by atoms with van der Waals surface area (Å²) in [5.74, 6) is 1.26. The number of hydrogen-bond donors (Lipinski definition) is 2. The summed E-state index contributed by atoms with van der Waals surface area (Å²) in [6.45, 7) is 12.1. The van der Waals surface area contributed by atoms with Gasteiger partial charge >= 0.3 is 5.97 Å². The van der Waals surface area contributed by atoms with Gasteiger partial charge in [-0.05, 0) is 73.2 Å². The first-order chi connectivity index (χ1) is 20.7. The molecule has 0 saturated carbocycles. The van der Waals surface area contributed by atoms with Gasteiger partial charge in [0.25, 0.3) is 10.1 Å². The second-order valence-electron chi connectivity index (χ2n) is 12.2. The van der Waals surface area contributed by atoms with Gasteiger partial charge in [0.2, 0.25) is 5.89 Å². The van der Waals surface area contributed by atoms with Gasteiger partial charge in [0, 0.05) is 25.1 Å². The summed E-state index contributed by atoms with van der Waals surface area (Å²) >= 11 is 0. The molecule has 2 N–H and O–H groups in total. The van der Waals surface area contributed by atoms with E-state index in [4.69, 9.17) is 13.7 Å². The molecular weight excluding hydrogens is 580 g/mol. The molecule has 0 radical (unpaired) electrons. The lowest BCUT2D eigenvalue weighted by molar-refractivity contribution is -0.144. The summed E-state index contributed by atoms with van der Waals surface area (Å²) in [6.07, 6.45) is 1.45. The third-order valence-electron chi connectivity index (χ3n) is 7.20. The molecule has 0 fully saturated rings. The van der Waals surface area contributed by atoms with E-state index < -0.39 is 22.1 Å². The van der Waals surface area contributed by atoms with E-state index in [0.717, 1.165) is 53.2 Å². The van der Waals surface area contributed by atoms with E-state index in [9.17, 15) is 18.3 Å². The van der Waals surface area contributed by atoms with Crippen LogP contribution in [0.15, 0.2) is 82.1 Å². The van der Waals surface area contributed by atoms with Crippen LogP contribution in [0.4, 0.5) is 0 Å². The highest BCUT2D eigenvalue weighted by Gasteiger charge is 2.35. The summed E-state index contributed by atoms with van der Waals surface area (Å²) in [5, 5.41) is 9.99. The molecular formula is C34H40N2O7S. The Balaban J connectivity index is 0.000000339. The van der Waals surface area contributed by atoms with Crippen molar-refractivity contribution in [3.63, 3.8) is 0 Å². The molecule has 3 aromatic carbocycles. The molecule has 9 nitrogen and oxygen atoms in total. The molecule has 0 saturated heterocycles. The predicted molar refractivity (Wildman–Crippen MR) is 168 cm³/mol. The van der Waals surface area contributed by atoms with Gasteiger partial charge in [-0.2, -0.15) is 8.42 Å². The number of aromatic nitrogens is 1. The molecule has 0 bridgehead atoms. The Morgan fingerprint density at radius 3 is 2.34 bits per heavy atom. The lowest BCUT2D eigenvalue weighted by Gasteiger charge is -2.38. The Labute approximate surface area is 259 Å². The van der Waals surface area contributed by atoms with Gasteiger partial charge in [-0.25, -0.2) is 4.98 Å². The maximum absolute atomic E-state index is 12.2. The third kappa shape index (κ3) is 8.78. The van der Waals surface area contributed by atoms with Crippen molar-refractivity contribution in [3.8, 4) is 17.2 Å². The first kappa shape index (κ1) is 32.9. The highest BCUT2D eigenvalue weighted by atomic mass is 32.2. The molecule has 5 rings (SSSR count). The van der Waals surface area contributed by atoms with Crippen molar-refractivity contribution in [3.05, 3.63) is 101 Å². The smallest absolute Gasteiger partial charge is 0.325 e. The highest BCUT2D eigenvalue weighted by Crippen LogP contribution is 2.35. The van der Waals surface area contributed by atoms with Crippen LogP contribution in [0.25, 0.3) is 11.5 Å². The standard InChI is InChI=1S/C27H32N2O4.C7H8O3S/c1-18-23(28-25(33-18)20-8-6-5-7-9-20)13-15-32-21-11-10-19-12-14-29(17-27(2,3)4)24(26(30)31)22(19)16-21;1-6-2-4-7(5-3-6)11(8,9)10/h5-11,16,24H,12-15,17H2,1-4H3,(H,30,31);2-5H,1H3,(H,8,9,10). The second kappa shape index (κ2) is 13.8. The zero-order valence-electron chi connectivity index (χ0n) is 25.8. The number of fused-ring (bicyclic) bond motifs is 1. The van der Waals surface area contributed by atoms with Crippen molar-refractivity contribution in [2.24, 2.45) is 5.41 Å². The van der Waals surface area contributed by atoms with E-state index in [1.54, 1.807) is 12.1 Å². The quantitative estimate of drug-likeness (QED) is 0.211. The van der Waals surface area contributed by atoms with Gasteiger partial charge in [0.1, 0.15) is 17.6 Å². The van der Waals surface area contributed by atoms with Crippen LogP contribution in [-0.4, -0.2) is 53.6 Å². The highest BCUT2D eigenvalue weighted by molar-refractivity contribution is 7.85. The number of rotatable bonds is 8. The van der Waals surface area contributed by atoms with Crippen LogP contribution in [0.3, 0.4) is 0 Å². The number of carbonyl (C=O) groups is 1. The number of benzene rings is 3. The van der Waals surface area contributed by atoms with Crippen molar-refractivity contribution in [1.29, 1.82) is 0 Å². The zero-order valence-corrected chi connectivity index (χ0v) is 26.6. The van der Waals surface area contributed by atoms with E-state index in [0.29, 0.717) is 24.7 Å². The van der Waals surface area contributed by atoms with Crippen LogP contribution in [0.1, 0.15) is 55.0 Å². The van der Waals surface area contributed by atoms with Crippen molar-refractivity contribution in [1.82, 2.24) is 9.88 Å². The number of aryl methyl sites for hydroxylation is 2. The lowest BCUT2D eigenvalue weighted by Crippen LogP contribution is -2.43. The molecule has 4 aromatic rings. The predicted octanol–water partition coefficient (Wildman–Crippen LogP) is 6.54. The van der Waals surface area contributed by atoms with Crippen LogP contribution < -0.4 is 4.74 Å².